The number of likely N-dealkylation sites (tertiary alicyclic amines) is 1. The van der Waals surface area contributed by atoms with Gasteiger partial charge in [-0.15, -0.1) is 12.4 Å². The number of halogens is 1. The summed E-state index contributed by atoms with van der Waals surface area (Å²) in [6.07, 6.45) is 3.63. The van der Waals surface area contributed by atoms with E-state index in [1.54, 1.807) is 0 Å². The Kier molecular flexibility index (Phi) is 7.93. The second kappa shape index (κ2) is 8.35. The average molecular weight is 250 g/mol. The lowest BCUT2D eigenvalue weighted by Crippen LogP contribution is -2.42. The topological polar surface area (TPSA) is 75.4 Å². The first-order valence-electron chi connectivity index (χ1n) is 5.48. The van der Waals surface area contributed by atoms with Gasteiger partial charge in [-0.25, -0.2) is 0 Å². The van der Waals surface area contributed by atoms with Crippen LogP contribution in [-0.4, -0.2) is 42.9 Å². The predicted octanol–water partition coefficient (Wildman–Crippen LogP) is -0.114. The maximum Gasteiger partial charge on any atom is 0.241 e. The summed E-state index contributed by atoms with van der Waals surface area (Å²) >= 11 is 0. The number of hydrogen-bond donors (Lipinski definition) is 2. The van der Waals surface area contributed by atoms with Crippen LogP contribution in [-0.2, 0) is 9.59 Å². The van der Waals surface area contributed by atoms with Gasteiger partial charge in [0.2, 0.25) is 11.8 Å². The van der Waals surface area contributed by atoms with Crippen LogP contribution in [0.2, 0.25) is 0 Å². The Morgan fingerprint density at radius 2 is 1.81 bits per heavy atom. The smallest absolute Gasteiger partial charge is 0.241 e. The Balaban J connectivity index is 0.00000225. The standard InChI is InChI=1S/C10H19N3O2.ClH/c11-5-4-9(14)12-8-10(15)13-6-2-1-3-7-13;/h1-8,11H2,(H,12,14);1H. The van der Waals surface area contributed by atoms with E-state index in [4.69, 9.17) is 5.73 Å². The van der Waals surface area contributed by atoms with Gasteiger partial charge in [-0.2, -0.15) is 0 Å². The lowest BCUT2D eigenvalue weighted by atomic mass is 10.1. The third-order valence-electron chi connectivity index (χ3n) is 2.52. The number of hydrogen-bond acceptors (Lipinski definition) is 3. The van der Waals surface area contributed by atoms with Gasteiger partial charge in [-0.3, -0.25) is 9.59 Å². The number of rotatable bonds is 4. The molecule has 1 saturated heterocycles. The molecule has 0 saturated carbocycles. The molecule has 1 aliphatic rings. The molecule has 0 aliphatic carbocycles. The van der Waals surface area contributed by atoms with E-state index in [0.29, 0.717) is 6.54 Å². The van der Waals surface area contributed by atoms with Crippen molar-refractivity contribution in [3.63, 3.8) is 0 Å². The van der Waals surface area contributed by atoms with E-state index in [1.165, 1.54) is 6.42 Å². The summed E-state index contributed by atoms with van der Waals surface area (Å²) in [5.41, 5.74) is 5.22. The van der Waals surface area contributed by atoms with Crippen LogP contribution < -0.4 is 11.1 Å². The summed E-state index contributed by atoms with van der Waals surface area (Å²) in [7, 11) is 0. The fourth-order valence-electron chi connectivity index (χ4n) is 1.65. The lowest BCUT2D eigenvalue weighted by Gasteiger charge is -2.26. The summed E-state index contributed by atoms with van der Waals surface area (Å²) in [6.45, 7) is 2.08. The number of nitrogens with zero attached hydrogens (tertiary/aromatic N) is 1. The fourth-order valence-corrected chi connectivity index (χ4v) is 1.65. The molecule has 6 heteroatoms. The lowest BCUT2D eigenvalue weighted by molar-refractivity contribution is -0.133. The minimum absolute atomic E-state index is 0. The number of piperidine rings is 1. The molecule has 3 N–H and O–H groups in total. The molecular weight excluding hydrogens is 230 g/mol. The van der Waals surface area contributed by atoms with Gasteiger partial charge in [0.05, 0.1) is 6.54 Å². The number of carbonyl (C=O) groups is 2. The van der Waals surface area contributed by atoms with Crippen LogP contribution in [0.15, 0.2) is 0 Å². The second-order valence-electron chi connectivity index (χ2n) is 3.76. The summed E-state index contributed by atoms with van der Waals surface area (Å²) in [4.78, 5) is 24.5. The highest BCUT2D eigenvalue weighted by Gasteiger charge is 2.16. The molecule has 0 atom stereocenters. The Morgan fingerprint density at radius 3 is 2.38 bits per heavy atom. The maximum atomic E-state index is 11.6. The maximum absolute atomic E-state index is 11.6. The summed E-state index contributed by atoms with van der Waals surface area (Å²) in [5, 5.41) is 2.57. The van der Waals surface area contributed by atoms with E-state index in [1.807, 2.05) is 4.90 Å². The third-order valence-corrected chi connectivity index (χ3v) is 2.52. The van der Waals surface area contributed by atoms with Gasteiger partial charge in [-0.05, 0) is 19.3 Å². The van der Waals surface area contributed by atoms with Crippen LogP contribution in [0.25, 0.3) is 0 Å². The third kappa shape index (κ3) is 5.32. The highest BCUT2D eigenvalue weighted by Crippen LogP contribution is 2.08. The molecule has 94 valence electrons. The molecule has 1 fully saturated rings. The van der Waals surface area contributed by atoms with E-state index < -0.39 is 0 Å². The van der Waals surface area contributed by atoms with Crippen LogP contribution in [0, 0.1) is 0 Å². The molecular formula is C10H20ClN3O2. The van der Waals surface area contributed by atoms with Gasteiger partial charge in [0.25, 0.3) is 0 Å². The second-order valence-corrected chi connectivity index (χ2v) is 3.76. The molecule has 0 aromatic heterocycles. The number of nitrogens with two attached hydrogens (primary N) is 1. The van der Waals surface area contributed by atoms with Crippen molar-refractivity contribution in [1.82, 2.24) is 10.2 Å². The quantitative estimate of drug-likeness (QED) is 0.730. The van der Waals surface area contributed by atoms with Crippen molar-refractivity contribution < 1.29 is 9.59 Å². The van der Waals surface area contributed by atoms with Crippen LogP contribution in [0.3, 0.4) is 0 Å². The van der Waals surface area contributed by atoms with Crippen molar-refractivity contribution in [3.8, 4) is 0 Å². The predicted molar refractivity (Wildman–Crippen MR) is 64.4 cm³/mol. The number of amides is 2. The largest absolute Gasteiger partial charge is 0.347 e. The molecule has 0 spiro atoms. The van der Waals surface area contributed by atoms with Crippen molar-refractivity contribution in [1.29, 1.82) is 0 Å². The summed E-state index contributed by atoms with van der Waals surface area (Å²) in [6, 6.07) is 0. The van der Waals surface area contributed by atoms with Gasteiger partial charge in [0, 0.05) is 26.1 Å². The van der Waals surface area contributed by atoms with Crippen LogP contribution in [0.1, 0.15) is 25.7 Å². The Bertz CT molecular complexity index is 230. The zero-order chi connectivity index (χ0) is 11.1. The zero-order valence-electron chi connectivity index (χ0n) is 9.41. The molecule has 0 unspecified atom stereocenters. The first-order chi connectivity index (χ1) is 7.24. The Labute approximate surface area is 102 Å². The SMILES string of the molecule is Cl.NCCC(=O)NCC(=O)N1CCCCC1. The molecule has 1 rings (SSSR count). The molecule has 0 aromatic carbocycles. The first kappa shape index (κ1) is 15.2. The molecule has 16 heavy (non-hydrogen) atoms. The van der Waals surface area contributed by atoms with E-state index in [0.717, 1.165) is 25.9 Å². The van der Waals surface area contributed by atoms with E-state index in [2.05, 4.69) is 5.32 Å². The minimum atomic E-state index is -0.150. The van der Waals surface area contributed by atoms with Crippen molar-refractivity contribution in [2.45, 2.75) is 25.7 Å². The highest BCUT2D eigenvalue weighted by molar-refractivity contribution is 5.85. The zero-order valence-corrected chi connectivity index (χ0v) is 10.2. The first-order valence-corrected chi connectivity index (χ1v) is 5.48. The molecule has 5 nitrogen and oxygen atoms in total. The van der Waals surface area contributed by atoms with Gasteiger partial charge in [-0.1, -0.05) is 0 Å². The van der Waals surface area contributed by atoms with E-state index in [9.17, 15) is 9.59 Å². The monoisotopic (exact) mass is 249 g/mol. The molecule has 2 amide bonds. The normalized spacial score (nSPS) is 15.2. The average Bonchev–Trinajstić information content (AvgIpc) is 2.27. The number of nitrogens with one attached hydrogen (secondary N) is 1. The summed E-state index contributed by atoms with van der Waals surface area (Å²) < 4.78 is 0. The molecule has 1 aliphatic heterocycles. The minimum Gasteiger partial charge on any atom is -0.347 e. The molecule has 0 aromatic rings. The van der Waals surface area contributed by atoms with Gasteiger partial charge in [0.15, 0.2) is 0 Å². The Hall–Kier alpha value is -0.810. The van der Waals surface area contributed by atoms with E-state index >= 15 is 0 Å². The fraction of sp³-hybridized carbons (Fsp3) is 0.800. The van der Waals surface area contributed by atoms with Crippen molar-refractivity contribution in [2.24, 2.45) is 5.73 Å². The van der Waals surface area contributed by atoms with Gasteiger partial charge < -0.3 is 16.0 Å². The van der Waals surface area contributed by atoms with Crippen LogP contribution in [0.4, 0.5) is 0 Å². The summed E-state index contributed by atoms with van der Waals surface area (Å²) in [5.74, 6) is -0.136. The van der Waals surface area contributed by atoms with Crippen molar-refractivity contribution >= 4 is 24.2 Å². The highest BCUT2D eigenvalue weighted by atomic mass is 35.5. The van der Waals surface area contributed by atoms with Crippen LogP contribution in [0.5, 0.6) is 0 Å². The van der Waals surface area contributed by atoms with Gasteiger partial charge in [0.1, 0.15) is 0 Å². The van der Waals surface area contributed by atoms with Crippen LogP contribution >= 0.6 is 12.4 Å². The molecule has 0 radical (unpaired) electrons. The van der Waals surface area contributed by atoms with Crippen molar-refractivity contribution in [3.05, 3.63) is 0 Å². The van der Waals surface area contributed by atoms with E-state index in [-0.39, 0.29) is 37.2 Å². The molecule has 1 heterocycles. The number of carbonyl (C=O) groups excluding carboxylic acids is 2. The molecule has 0 bridgehead atoms. The van der Waals surface area contributed by atoms with Crippen molar-refractivity contribution in [2.75, 3.05) is 26.2 Å². The van der Waals surface area contributed by atoms with Gasteiger partial charge >= 0.3 is 0 Å². The Morgan fingerprint density at radius 1 is 1.19 bits per heavy atom.